The fraction of sp³-hybridized carbons (Fsp3) is 0.400. The minimum Gasteiger partial charge on any atom is -0.376 e. The van der Waals surface area contributed by atoms with Gasteiger partial charge in [-0.3, -0.25) is 10.1 Å². The van der Waals surface area contributed by atoms with E-state index in [-0.39, 0.29) is 12.5 Å². The first-order chi connectivity index (χ1) is 9.97. The SMILES string of the molecule is Cc1cccc(NCC(=O)Nc2nnc(C(C)C)s2)c1C. The Morgan fingerprint density at radius 1 is 1.29 bits per heavy atom. The normalized spacial score (nSPS) is 10.7. The summed E-state index contributed by atoms with van der Waals surface area (Å²) in [5.74, 6) is 0.198. The second kappa shape index (κ2) is 6.67. The Labute approximate surface area is 128 Å². The number of anilines is 2. The molecular formula is C15H20N4OS. The summed E-state index contributed by atoms with van der Waals surface area (Å²) in [5.41, 5.74) is 3.33. The molecule has 0 aliphatic rings. The van der Waals surface area contributed by atoms with Gasteiger partial charge < -0.3 is 5.32 Å². The lowest BCUT2D eigenvalue weighted by Crippen LogP contribution is -2.22. The molecule has 6 heteroatoms. The fourth-order valence-electron chi connectivity index (χ4n) is 1.80. The summed E-state index contributed by atoms with van der Waals surface area (Å²) >= 11 is 1.41. The molecule has 0 bridgehead atoms. The Morgan fingerprint density at radius 3 is 2.71 bits per heavy atom. The summed E-state index contributed by atoms with van der Waals surface area (Å²) in [5, 5.41) is 15.4. The van der Waals surface area contributed by atoms with Crippen molar-refractivity contribution >= 4 is 28.1 Å². The van der Waals surface area contributed by atoms with Crippen molar-refractivity contribution < 1.29 is 4.79 Å². The van der Waals surface area contributed by atoms with E-state index >= 15 is 0 Å². The van der Waals surface area contributed by atoms with Crippen molar-refractivity contribution in [3.8, 4) is 0 Å². The van der Waals surface area contributed by atoms with Gasteiger partial charge in [-0.05, 0) is 31.0 Å². The molecule has 0 unspecified atom stereocenters. The summed E-state index contributed by atoms with van der Waals surface area (Å²) in [6, 6.07) is 5.99. The maximum absolute atomic E-state index is 11.9. The molecule has 21 heavy (non-hydrogen) atoms. The molecule has 112 valence electrons. The highest BCUT2D eigenvalue weighted by Crippen LogP contribution is 2.22. The Hall–Kier alpha value is -1.95. The molecule has 1 aromatic carbocycles. The molecule has 1 heterocycles. The summed E-state index contributed by atoms with van der Waals surface area (Å²) in [4.78, 5) is 11.9. The summed E-state index contributed by atoms with van der Waals surface area (Å²) in [6.07, 6.45) is 0. The number of nitrogens with one attached hydrogen (secondary N) is 2. The molecule has 0 aliphatic carbocycles. The Bertz CT molecular complexity index is 636. The van der Waals surface area contributed by atoms with Gasteiger partial charge >= 0.3 is 0 Å². The molecule has 2 rings (SSSR count). The highest BCUT2D eigenvalue weighted by atomic mass is 32.1. The lowest BCUT2D eigenvalue weighted by molar-refractivity contribution is -0.114. The maximum atomic E-state index is 11.9. The number of aryl methyl sites for hydroxylation is 1. The zero-order valence-electron chi connectivity index (χ0n) is 12.7. The first-order valence-corrected chi connectivity index (χ1v) is 7.72. The minimum atomic E-state index is -0.123. The van der Waals surface area contributed by atoms with E-state index in [4.69, 9.17) is 0 Å². The first kappa shape index (κ1) is 15.4. The van der Waals surface area contributed by atoms with Crippen molar-refractivity contribution in [2.45, 2.75) is 33.6 Å². The molecule has 5 nitrogen and oxygen atoms in total. The topological polar surface area (TPSA) is 66.9 Å². The number of aromatic nitrogens is 2. The molecule has 0 spiro atoms. The van der Waals surface area contributed by atoms with Crippen LogP contribution in [-0.4, -0.2) is 22.6 Å². The van der Waals surface area contributed by atoms with Crippen molar-refractivity contribution in [3.63, 3.8) is 0 Å². The van der Waals surface area contributed by atoms with Gasteiger partial charge in [-0.15, -0.1) is 10.2 Å². The number of amides is 1. The molecular weight excluding hydrogens is 284 g/mol. The Morgan fingerprint density at radius 2 is 2.05 bits per heavy atom. The molecule has 0 saturated carbocycles. The second-order valence-corrected chi connectivity index (χ2v) is 6.26. The van der Waals surface area contributed by atoms with E-state index in [1.54, 1.807) is 0 Å². The van der Waals surface area contributed by atoms with Gasteiger partial charge in [0.05, 0.1) is 6.54 Å². The lowest BCUT2D eigenvalue weighted by atomic mass is 10.1. The van der Waals surface area contributed by atoms with E-state index in [2.05, 4.69) is 33.8 Å². The van der Waals surface area contributed by atoms with Crippen LogP contribution in [0.4, 0.5) is 10.8 Å². The van der Waals surface area contributed by atoms with Crippen LogP contribution in [0.1, 0.15) is 35.9 Å². The quantitative estimate of drug-likeness (QED) is 0.889. The number of benzene rings is 1. The number of rotatable bonds is 5. The van der Waals surface area contributed by atoms with Crippen LogP contribution in [0.25, 0.3) is 0 Å². The number of hydrogen-bond acceptors (Lipinski definition) is 5. The van der Waals surface area contributed by atoms with E-state index < -0.39 is 0 Å². The van der Waals surface area contributed by atoms with Crippen LogP contribution < -0.4 is 10.6 Å². The maximum Gasteiger partial charge on any atom is 0.245 e. The number of nitrogens with zero attached hydrogens (tertiary/aromatic N) is 2. The molecule has 1 aromatic heterocycles. The Kier molecular flexibility index (Phi) is 4.90. The van der Waals surface area contributed by atoms with Crippen LogP contribution in [0, 0.1) is 13.8 Å². The third kappa shape index (κ3) is 4.01. The number of carbonyl (C=O) groups is 1. The Balaban J connectivity index is 1.91. The van der Waals surface area contributed by atoms with Crippen molar-refractivity contribution in [2.24, 2.45) is 0 Å². The molecule has 1 amide bonds. The van der Waals surface area contributed by atoms with E-state index in [9.17, 15) is 4.79 Å². The van der Waals surface area contributed by atoms with Crippen molar-refractivity contribution in [1.29, 1.82) is 0 Å². The summed E-state index contributed by atoms with van der Waals surface area (Å²) < 4.78 is 0. The molecule has 0 radical (unpaired) electrons. The van der Waals surface area contributed by atoms with Gasteiger partial charge in [0.25, 0.3) is 0 Å². The van der Waals surface area contributed by atoms with Crippen LogP contribution in [0.15, 0.2) is 18.2 Å². The van der Waals surface area contributed by atoms with Crippen molar-refractivity contribution in [2.75, 3.05) is 17.2 Å². The fourth-order valence-corrected chi connectivity index (χ4v) is 2.56. The monoisotopic (exact) mass is 304 g/mol. The zero-order valence-corrected chi connectivity index (χ0v) is 13.5. The predicted molar refractivity (Wildman–Crippen MR) is 87.0 cm³/mol. The van der Waals surface area contributed by atoms with Crippen LogP contribution in [0.2, 0.25) is 0 Å². The van der Waals surface area contributed by atoms with Gasteiger partial charge in [-0.1, -0.05) is 37.3 Å². The molecule has 0 saturated heterocycles. The average molecular weight is 304 g/mol. The van der Waals surface area contributed by atoms with Crippen molar-refractivity contribution in [1.82, 2.24) is 10.2 Å². The summed E-state index contributed by atoms with van der Waals surface area (Å²) in [6.45, 7) is 8.40. The number of carbonyl (C=O) groups excluding carboxylic acids is 1. The molecule has 0 fully saturated rings. The smallest absolute Gasteiger partial charge is 0.245 e. The van der Waals surface area contributed by atoms with E-state index in [1.807, 2.05) is 32.9 Å². The molecule has 0 atom stereocenters. The lowest BCUT2D eigenvalue weighted by Gasteiger charge is -2.10. The number of hydrogen-bond donors (Lipinski definition) is 2. The van der Waals surface area contributed by atoms with Gasteiger partial charge in [0.1, 0.15) is 5.01 Å². The van der Waals surface area contributed by atoms with Gasteiger partial charge in [0.15, 0.2) is 0 Å². The molecule has 2 aromatic rings. The second-order valence-electron chi connectivity index (χ2n) is 5.25. The van der Waals surface area contributed by atoms with Crippen molar-refractivity contribution in [3.05, 3.63) is 34.3 Å². The van der Waals surface area contributed by atoms with E-state index in [0.717, 1.165) is 16.3 Å². The predicted octanol–water partition coefficient (Wildman–Crippen LogP) is 3.33. The van der Waals surface area contributed by atoms with Gasteiger partial charge in [0, 0.05) is 11.6 Å². The largest absolute Gasteiger partial charge is 0.376 e. The minimum absolute atomic E-state index is 0.123. The van der Waals surface area contributed by atoms with Crippen LogP contribution in [0.5, 0.6) is 0 Å². The molecule has 0 aliphatic heterocycles. The third-order valence-corrected chi connectivity index (χ3v) is 4.36. The zero-order chi connectivity index (χ0) is 15.4. The highest BCUT2D eigenvalue weighted by molar-refractivity contribution is 7.15. The highest BCUT2D eigenvalue weighted by Gasteiger charge is 2.10. The third-order valence-electron chi connectivity index (χ3n) is 3.22. The standard InChI is InChI=1S/C15H20N4OS/c1-9(2)14-18-19-15(21-14)17-13(20)8-16-12-7-5-6-10(3)11(12)4/h5-7,9,16H,8H2,1-4H3,(H,17,19,20). The first-order valence-electron chi connectivity index (χ1n) is 6.90. The van der Waals surface area contributed by atoms with Gasteiger partial charge in [-0.25, -0.2) is 0 Å². The van der Waals surface area contributed by atoms with Crippen LogP contribution in [-0.2, 0) is 4.79 Å². The van der Waals surface area contributed by atoms with Crippen LogP contribution in [0.3, 0.4) is 0 Å². The van der Waals surface area contributed by atoms with E-state index in [0.29, 0.717) is 11.0 Å². The van der Waals surface area contributed by atoms with E-state index in [1.165, 1.54) is 16.9 Å². The van der Waals surface area contributed by atoms with Crippen LogP contribution >= 0.6 is 11.3 Å². The van der Waals surface area contributed by atoms with Gasteiger partial charge in [-0.2, -0.15) is 0 Å². The van der Waals surface area contributed by atoms with Gasteiger partial charge in [0.2, 0.25) is 11.0 Å². The summed E-state index contributed by atoms with van der Waals surface area (Å²) in [7, 11) is 0. The average Bonchev–Trinajstić information content (AvgIpc) is 2.89. The molecule has 2 N–H and O–H groups in total.